The van der Waals surface area contributed by atoms with Gasteiger partial charge >= 0.3 is 0 Å². The molecule has 0 aliphatic carbocycles. The van der Waals surface area contributed by atoms with Gasteiger partial charge in [-0.25, -0.2) is 4.99 Å². The Balaban J connectivity index is 4.04. The van der Waals surface area contributed by atoms with Crippen LogP contribution in [0.5, 0.6) is 0 Å². The average molecular weight is 300 g/mol. The summed E-state index contributed by atoms with van der Waals surface area (Å²) in [7, 11) is 0. The Kier molecular flexibility index (Phi) is 10.7. The third kappa shape index (κ3) is 13.4. The lowest BCUT2D eigenvalue weighted by atomic mass is 10.1. The van der Waals surface area contributed by atoms with Crippen molar-refractivity contribution in [2.75, 3.05) is 32.8 Å². The highest BCUT2D eigenvalue weighted by Crippen LogP contribution is 1.97. The van der Waals surface area contributed by atoms with Gasteiger partial charge in [0.05, 0.1) is 6.61 Å². The van der Waals surface area contributed by atoms with Crippen LogP contribution in [-0.4, -0.2) is 50.3 Å². The first-order valence-corrected chi connectivity index (χ1v) is 7.80. The molecule has 0 saturated carbocycles. The number of carbonyl (C=O) groups is 1. The fraction of sp³-hybridized carbons (Fsp3) is 0.867. The number of hydrogen-bond acceptors (Lipinski definition) is 3. The summed E-state index contributed by atoms with van der Waals surface area (Å²) < 4.78 is 5.47. The van der Waals surface area contributed by atoms with E-state index in [2.05, 4.69) is 27.9 Å². The highest BCUT2D eigenvalue weighted by Gasteiger charge is 2.13. The van der Waals surface area contributed by atoms with Gasteiger partial charge < -0.3 is 20.7 Å². The standard InChI is InChI=1S/C15H32N4O2/c1-6-8-10-21-11-9-17-14(16-7-2)18-12-13(20)19-15(3,4)5/h6-12H2,1-5H3,(H,19,20)(H2,16,17,18). The number of amides is 1. The SMILES string of the molecule is CCCCOCCNC(=NCC(=O)NC(C)(C)C)NCC. The van der Waals surface area contributed by atoms with Crippen LogP contribution in [0.15, 0.2) is 4.99 Å². The zero-order valence-corrected chi connectivity index (χ0v) is 14.2. The van der Waals surface area contributed by atoms with E-state index in [4.69, 9.17) is 4.74 Å². The molecule has 6 nitrogen and oxygen atoms in total. The van der Waals surface area contributed by atoms with E-state index in [1.807, 2.05) is 27.7 Å². The molecule has 0 aromatic heterocycles. The Bertz CT molecular complexity index is 311. The monoisotopic (exact) mass is 300 g/mol. The second-order valence-electron chi connectivity index (χ2n) is 5.89. The van der Waals surface area contributed by atoms with Crippen molar-refractivity contribution < 1.29 is 9.53 Å². The maximum atomic E-state index is 11.7. The van der Waals surface area contributed by atoms with Crippen LogP contribution in [0.3, 0.4) is 0 Å². The summed E-state index contributed by atoms with van der Waals surface area (Å²) in [5, 5.41) is 9.14. The minimum atomic E-state index is -0.231. The molecule has 0 aliphatic heterocycles. The number of aliphatic imine (C=N–C) groups is 1. The first-order valence-electron chi connectivity index (χ1n) is 7.80. The van der Waals surface area contributed by atoms with Crippen molar-refractivity contribution in [3.05, 3.63) is 0 Å². The highest BCUT2D eigenvalue weighted by atomic mass is 16.5. The lowest BCUT2D eigenvalue weighted by molar-refractivity contribution is -0.121. The van der Waals surface area contributed by atoms with Crippen molar-refractivity contribution in [2.45, 2.75) is 53.0 Å². The van der Waals surface area contributed by atoms with Crippen molar-refractivity contribution in [2.24, 2.45) is 4.99 Å². The van der Waals surface area contributed by atoms with Crippen molar-refractivity contribution >= 4 is 11.9 Å². The van der Waals surface area contributed by atoms with Gasteiger partial charge in [-0.3, -0.25) is 4.79 Å². The van der Waals surface area contributed by atoms with E-state index in [9.17, 15) is 4.79 Å². The molecule has 1 amide bonds. The van der Waals surface area contributed by atoms with Crippen LogP contribution in [0.25, 0.3) is 0 Å². The topological polar surface area (TPSA) is 74.8 Å². The quantitative estimate of drug-likeness (QED) is 0.341. The third-order valence-electron chi connectivity index (χ3n) is 2.42. The summed E-state index contributed by atoms with van der Waals surface area (Å²) in [6.45, 7) is 13.0. The number of carbonyl (C=O) groups excluding carboxylic acids is 1. The smallest absolute Gasteiger partial charge is 0.242 e. The van der Waals surface area contributed by atoms with Gasteiger partial charge in [0.15, 0.2) is 5.96 Å². The molecule has 124 valence electrons. The number of ether oxygens (including phenoxy) is 1. The Morgan fingerprint density at radius 1 is 1.14 bits per heavy atom. The maximum absolute atomic E-state index is 11.7. The van der Waals surface area contributed by atoms with Crippen molar-refractivity contribution in [1.29, 1.82) is 0 Å². The van der Waals surface area contributed by atoms with Crippen LogP contribution in [-0.2, 0) is 9.53 Å². The summed E-state index contributed by atoms with van der Waals surface area (Å²) in [5.74, 6) is 0.555. The van der Waals surface area contributed by atoms with E-state index in [1.165, 1.54) is 0 Å². The molecule has 21 heavy (non-hydrogen) atoms. The zero-order chi connectivity index (χ0) is 16.1. The zero-order valence-electron chi connectivity index (χ0n) is 14.2. The molecule has 0 fully saturated rings. The number of nitrogens with one attached hydrogen (secondary N) is 3. The van der Waals surface area contributed by atoms with Gasteiger partial charge in [-0.05, 0) is 34.1 Å². The maximum Gasteiger partial charge on any atom is 0.242 e. The molecule has 0 saturated heterocycles. The average Bonchev–Trinajstić information content (AvgIpc) is 2.37. The number of nitrogens with zero attached hydrogens (tertiary/aromatic N) is 1. The van der Waals surface area contributed by atoms with Crippen LogP contribution >= 0.6 is 0 Å². The van der Waals surface area contributed by atoms with Gasteiger partial charge in [0.2, 0.25) is 5.91 Å². The Labute approximate surface area is 129 Å². The summed E-state index contributed by atoms with van der Waals surface area (Å²) in [6.07, 6.45) is 2.22. The predicted molar refractivity (Wildman–Crippen MR) is 87.6 cm³/mol. The Hall–Kier alpha value is -1.30. The predicted octanol–water partition coefficient (Wildman–Crippen LogP) is 1.27. The molecule has 0 rings (SSSR count). The third-order valence-corrected chi connectivity index (χ3v) is 2.42. The number of hydrogen-bond donors (Lipinski definition) is 3. The van der Waals surface area contributed by atoms with Crippen molar-refractivity contribution in [3.8, 4) is 0 Å². The van der Waals surface area contributed by atoms with E-state index in [0.29, 0.717) is 19.1 Å². The van der Waals surface area contributed by atoms with Crippen LogP contribution in [0, 0.1) is 0 Å². The number of guanidine groups is 1. The Morgan fingerprint density at radius 3 is 2.43 bits per heavy atom. The largest absolute Gasteiger partial charge is 0.380 e. The number of unbranched alkanes of at least 4 members (excludes halogenated alkanes) is 1. The van der Waals surface area contributed by atoms with Crippen molar-refractivity contribution in [3.63, 3.8) is 0 Å². The molecule has 0 aromatic rings. The molecular weight excluding hydrogens is 268 g/mol. The number of rotatable bonds is 9. The van der Waals surface area contributed by atoms with Gasteiger partial charge in [0.1, 0.15) is 6.54 Å². The van der Waals surface area contributed by atoms with E-state index in [1.54, 1.807) is 0 Å². The normalized spacial score (nSPS) is 12.1. The van der Waals surface area contributed by atoms with Gasteiger partial charge in [-0.1, -0.05) is 13.3 Å². The second kappa shape index (κ2) is 11.4. The van der Waals surface area contributed by atoms with Gasteiger partial charge in [-0.15, -0.1) is 0 Å². The van der Waals surface area contributed by atoms with E-state index >= 15 is 0 Å². The molecule has 0 atom stereocenters. The minimum Gasteiger partial charge on any atom is -0.380 e. The lowest BCUT2D eigenvalue weighted by Crippen LogP contribution is -2.43. The van der Waals surface area contributed by atoms with Crippen molar-refractivity contribution in [1.82, 2.24) is 16.0 Å². The minimum absolute atomic E-state index is 0.0844. The molecule has 0 unspecified atom stereocenters. The molecule has 0 aromatic carbocycles. The van der Waals surface area contributed by atoms with Crippen LogP contribution in [0.4, 0.5) is 0 Å². The molecule has 0 aliphatic rings. The van der Waals surface area contributed by atoms with E-state index < -0.39 is 0 Å². The van der Waals surface area contributed by atoms with Crippen LogP contribution in [0.1, 0.15) is 47.5 Å². The summed E-state index contributed by atoms with van der Waals surface area (Å²) in [6, 6.07) is 0. The molecule has 0 bridgehead atoms. The second-order valence-corrected chi connectivity index (χ2v) is 5.89. The van der Waals surface area contributed by atoms with Gasteiger partial charge in [0.25, 0.3) is 0 Å². The van der Waals surface area contributed by atoms with E-state index in [0.717, 1.165) is 26.0 Å². The summed E-state index contributed by atoms with van der Waals surface area (Å²) in [4.78, 5) is 16.0. The highest BCUT2D eigenvalue weighted by molar-refractivity contribution is 5.85. The van der Waals surface area contributed by atoms with Gasteiger partial charge in [-0.2, -0.15) is 0 Å². The fourth-order valence-electron chi connectivity index (χ4n) is 1.54. The first-order chi connectivity index (χ1) is 9.89. The summed E-state index contributed by atoms with van der Waals surface area (Å²) in [5.41, 5.74) is -0.231. The van der Waals surface area contributed by atoms with E-state index in [-0.39, 0.29) is 18.0 Å². The van der Waals surface area contributed by atoms with Crippen LogP contribution < -0.4 is 16.0 Å². The van der Waals surface area contributed by atoms with Gasteiger partial charge in [0, 0.05) is 25.2 Å². The molecular formula is C15H32N4O2. The fourth-order valence-corrected chi connectivity index (χ4v) is 1.54. The Morgan fingerprint density at radius 2 is 1.86 bits per heavy atom. The van der Waals surface area contributed by atoms with Crippen LogP contribution in [0.2, 0.25) is 0 Å². The molecule has 0 heterocycles. The molecule has 3 N–H and O–H groups in total. The molecule has 0 radical (unpaired) electrons. The summed E-state index contributed by atoms with van der Waals surface area (Å²) >= 11 is 0. The lowest BCUT2D eigenvalue weighted by Gasteiger charge is -2.20. The molecule has 6 heteroatoms. The molecule has 0 spiro atoms. The first kappa shape index (κ1) is 19.7.